The number of carbonyl (C=O) groups is 2. The molecule has 1 N–H and O–H groups in total. The van der Waals surface area contributed by atoms with Crippen molar-refractivity contribution in [3.63, 3.8) is 0 Å². The molecule has 0 bridgehead atoms. The molecule has 1 aromatic carbocycles. The molecule has 1 unspecified atom stereocenters. The van der Waals surface area contributed by atoms with Crippen LogP contribution in [0.5, 0.6) is 5.75 Å². The average Bonchev–Trinajstić information content (AvgIpc) is 2.79. The number of sulfonamides is 1. The predicted octanol–water partition coefficient (Wildman–Crippen LogP) is 1.86. The molecular formula is C22H33N3O5S. The van der Waals surface area contributed by atoms with Gasteiger partial charge in [0.25, 0.3) is 0 Å². The van der Waals surface area contributed by atoms with Crippen LogP contribution in [-0.4, -0.2) is 68.8 Å². The van der Waals surface area contributed by atoms with E-state index in [1.807, 2.05) is 13.8 Å². The summed E-state index contributed by atoms with van der Waals surface area (Å²) in [5.41, 5.74) is 0. The molecule has 9 heteroatoms. The Morgan fingerprint density at radius 1 is 1.06 bits per heavy atom. The van der Waals surface area contributed by atoms with Gasteiger partial charge in [-0.05, 0) is 49.9 Å². The van der Waals surface area contributed by atoms with Gasteiger partial charge in [0.2, 0.25) is 21.8 Å². The van der Waals surface area contributed by atoms with E-state index in [1.54, 1.807) is 29.2 Å². The third-order valence-corrected chi connectivity index (χ3v) is 8.01. The molecule has 2 aliphatic heterocycles. The van der Waals surface area contributed by atoms with Gasteiger partial charge in [0.1, 0.15) is 5.75 Å². The fraction of sp³-hybridized carbons (Fsp3) is 0.636. The van der Waals surface area contributed by atoms with Crippen molar-refractivity contribution in [1.29, 1.82) is 0 Å². The summed E-state index contributed by atoms with van der Waals surface area (Å²) in [7, 11) is -2.03. The van der Waals surface area contributed by atoms with E-state index in [2.05, 4.69) is 5.32 Å². The molecule has 3 rings (SSSR count). The minimum atomic E-state index is -3.56. The Labute approximate surface area is 185 Å². The standard InChI is InChI=1S/C22H33N3O5S/c1-16(2)22(27)24-12-4-5-17(15-24)21(26)23-18-10-13-25(14-11-18)31(28,29)20-8-6-19(30-3)7-9-20/h6-9,16-18H,4-5,10-15H2,1-3H3,(H,23,26). The molecule has 0 aromatic heterocycles. The molecule has 2 saturated heterocycles. The van der Waals surface area contributed by atoms with E-state index in [4.69, 9.17) is 4.74 Å². The van der Waals surface area contributed by atoms with Gasteiger partial charge >= 0.3 is 0 Å². The first-order valence-corrected chi connectivity index (χ1v) is 12.4. The molecule has 1 atom stereocenters. The first-order valence-electron chi connectivity index (χ1n) is 11.0. The Kier molecular flexibility index (Phi) is 7.59. The van der Waals surface area contributed by atoms with Crippen LogP contribution in [-0.2, 0) is 19.6 Å². The van der Waals surface area contributed by atoms with Crippen molar-refractivity contribution in [2.75, 3.05) is 33.3 Å². The lowest BCUT2D eigenvalue weighted by atomic mass is 9.95. The minimum absolute atomic E-state index is 0.0299. The van der Waals surface area contributed by atoms with Gasteiger partial charge in [-0.3, -0.25) is 9.59 Å². The highest BCUT2D eigenvalue weighted by Crippen LogP contribution is 2.24. The van der Waals surface area contributed by atoms with E-state index in [0.717, 1.165) is 12.8 Å². The van der Waals surface area contributed by atoms with Gasteiger partial charge in [-0.1, -0.05) is 13.8 Å². The van der Waals surface area contributed by atoms with Crippen molar-refractivity contribution in [3.05, 3.63) is 24.3 Å². The molecule has 0 saturated carbocycles. The molecule has 8 nitrogen and oxygen atoms in total. The number of hydrogen-bond acceptors (Lipinski definition) is 5. The molecular weight excluding hydrogens is 418 g/mol. The molecule has 0 radical (unpaired) electrons. The molecule has 1 aromatic rings. The molecule has 172 valence electrons. The number of likely N-dealkylation sites (tertiary alicyclic amines) is 1. The fourth-order valence-corrected chi connectivity index (χ4v) is 5.68. The van der Waals surface area contributed by atoms with Gasteiger partial charge in [0.05, 0.1) is 17.9 Å². The number of hydrogen-bond donors (Lipinski definition) is 1. The molecule has 2 aliphatic rings. The summed E-state index contributed by atoms with van der Waals surface area (Å²) >= 11 is 0. The number of ether oxygens (including phenoxy) is 1. The number of piperidine rings is 2. The van der Waals surface area contributed by atoms with Gasteiger partial charge < -0.3 is 15.0 Å². The van der Waals surface area contributed by atoms with Crippen LogP contribution < -0.4 is 10.1 Å². The quantitative estimate of drug-likeness (QED) is 0.712. The van der Waals surface area contributed by atoms with E-state index in [9.17, 15) is 18.0 Å². The molecule has 0 aliphatic carbocycles. The van der Waals surface area contributed by atoms with E-state index < -0.39 is 10.0 Å². The lowest BCUT2D eigenvalue weighted by Gasteiger charge is -2.35. The van der Waals surface area contributed by atoms with Crippen LogP contribution >= 0.6 is 0 Å². The number of methoxy groups -OCH3 is 1. The van der Waals surface area contributed by atoms with Crippen molar-refractivity contribution in [2.45, 2.75) is 50.5 Å². The first-order chi connectivity index (χ1) is 14.7. The van der Waals surface area contributed by atoms with Crippen molar-refractivity contribution in [3.8, 4) is 5.75 Å². The number of benzene rings is 1. The Morgan fingerprint density at radius 3 is 2.29 bits per heavy atom. The van der Waals surface area contributed by atoms with Crippen LogP contribution in [0.2, 0.25) is 0 Å². The summed E-state index contributed by atoms with van der Waals surface area (Å²) in [4.78, 5) is 27.1. The summed E-state index contributed by atoms with van der Waals surface area (Å²) < 4.78 is 32.3. The molecule has 31 heavy (non-hydrogen) atoms. The highest BCUT2D eigenvalue weighted by Gasteiger charge is 2.33. The first kappa shape index (κ1) is 23.5. The number of rotatable bonds is 6. The summed E-state index contributed by atoms with van der Waals surface area (Å²) in [6.45, 7) is 5.65. The Bertz CT molecular complexity index is 877. The van der Waals surface area contributed by atoms with E-state index >= 15 is 0 Å². The molecule has 0 spiro atoms. The van der Waals surface area contributed by atoms with Gasteiger partial charge in [0, 0.05) is 38.1 Å². The third-order valence-electron chi connectivity index (χ3n) is 6.10. The number of nitrogens with one attached hydrogen (secondary N) is 1. The summed E-state index contributed by atoms with van der Waals surface area (Å²) in [6, 6.07) is 6.32. The smallest absolute Gasteiger partial charge is 0.243 e. The minimum Gasteiger partial charge on any atom is -0.497 e. The third kappa shape index (κ3) is 5.57. The zero-order chi connectivity index (χ0) is 22.6. The predicted molar refractivity (Wildman–Crippen MR) is 117 cm³/mol. The summed E-state index contributed by atoms with van der Waals surface area (Å²) in [5, 5.41) is 3.09. The topological polar surface area (TPSA) is 96.0 Å². The number of amides is 2. The maximum absolute atomic E-state index is 12.9. The second-order valence-corrected chi connectivity index (χ2v) is 10.6. The summed E-state index contributed by atoms with van der Waals surface area (Å²) in [5.74, 6) is 0.403. The Hall–Kier alpha value is -2.13. The van der Waals surface area contributed by atoms with Crippen molar-refractivity contribution in [1.82, 2.24) is 14.5 Å². The van der Waals surface area contributed by atoms with Crippen molar-refractivity contribution < 1.29 is 22.7 Å². The van der Waals surface area contributed by atoms with Gasteiger partial charge in [0.15, 0.2) is 0 Å². The van der Waals surface area contributed by atoms with Crippen LogP contribution in [0.3, 0.4) is 0 Å². The van der Waals surface area contributed by atoms with Crippen LogP contribution in [0, 0.1) is 11.8 Å². The molecule has 2 heterocycles. The van der Waals surface area contributed by atoms with Crippen LogP contribution in [0.4, 0.5) is 0 Å². The van der Waals surface area contributed by atoms with Crippen molar-refractivity contribution >= 4 is 21.8 Å². The van der Waals surface area contributed by atoms with Crippen LogP contribution in [0.15, 0.2) is 29.2 Å². The van der Waals surface area contributed by atoms with E-state index in [1.165, 1.54) is 11.4 Å². The van der Waals surface area contributed by atoms with Crippen LogP contribution in [0.25, 0.3) is 0 Å². The largest absolute Gasteiger partial charge is 0.497 e. The lowest BCUT2D eigenvalue weighted by molar-refractivity contribution is -0.138. The Morgan fingerprint density at radius 2 is 1.71 bits per heavy atom. The van der Waals surface area contributed by atoms with E-state index in [-0.39, 0.29) is 34.6 Å². The molecule has 2 fully saturated rings. The van der Waals surface area contributed by atoms with Gasteiger partial charge in [-0.25, -0.2) is 8.42 Å². The second kappa shape index (κ2) is 9.99. The SMILES string of the molecule is COc1ccc(S(=O)(=O)N2CCC(NC(=O)C3CCCN(C(=O)C(C)C)C3)CC2)cc1. The van der Waals surface area contributed by atoms with Crippen molar-refractivity contribution in [2.24, 2.45) is 11.8 Å². The van der Waals surface area contributed by atoms with Gasteiger partial charge in [-0.15, -0.1) is 0 Å². The monoisotopic (exact) mass is 451 g/mol. The lowest BCUT2D eigenvalue weighted by Crippen LogP contribution is -2.51. The van der Waals surface area contributed by atoms with Crippen LogP contribution in [0.1, 0.15) is 39.5 Å². The molecule has 2 amide bonds. The van der Waals surface area contributed by atoms with E-state index in [0.29, 0.717) is 44.8 Å². The number of nitrogens with zero attached hydrogens (tertiary/aromatic N) is 2. The van der Waals surface area contributed by atoms with Gasteiger partial charge in [-0.2, -0.15) is 4.31 Å². The Balaban J connectivity index is 1.52. The normalized spacial score (nSPS) is 21.2. The zero-order valence-corrected chi connectivity index (χ0v) is 19.4. The highest BCUT2D eigenvalue weighted by molar-refractivity contribution is 7.89. The second-order valence-electron chi connectivity index (χ2n) is 8.64. The average molecular weight is 452 g/mol. The maximum Gasteiger partial charge on any atom is 0.243 e. The number of carbonyl (C=O) groups excluding carboxylic acids is 2. The highest BCUT2D eigenvalue weighted by atomic mass is 32.2. The fourth-order valence-electron chi connectivity index (χ4n) is 4.21. The zero-order valence-electron chi connectivity index (χ0n) is 18.5. The maximum atomic E-state index is 12.9. The summed E-state index contributed by atoms with van der Waals surface area (Å²) in [6.07, 6.45) is 2.75.